The van der Waals surface area contributed by atoms with Crippen molar-refractivity contribution in [3.8, 4) is 44.5 Å². The predicted molar refractivity (Wildman–Crippen MR) is 250 cm³/mol. The fourth-order valence-corrected chi connectivity index (χ4v) is 9.77. The summed E-state index contributed by atoms with van der Waals surface area (Å²) >= 11 is 0. The Labute approximate surface area is 348 Å². The zero-order valence-corrected chi connectivity index (χ0v) is 33.3. The molecule has 0 saturated heterocycles. The summed E-state index contributed by atoms with van der Waals surface area (Å²) in [6, 6.07) is 71.9. The van der Waals surface area contributed by atoms with E-state index in [1.165, 1.54) is 33.4 Å². The lowest BCUT2D eigenvalue weighted by Crippen LogP contribution is -2.17. The van der Waals surface area contributed by atoms with Crippen molar-refractivity contribution in [2.24, 2.45) is 0 Å². The van der Waals surface area contributed by atoms with Crippen LogP contribution in [0.15, 0.2) is 209 Å². The van der Waals surface area contributed by atoms with E-state index in [0.717, 1.165) is 83.2 Å². The van der Waals surface area contributed by atoms with Gasteiger partial charge in [0.05, 0.1) is 5.69 Å². The molecule has 0 fully saturated rings. The fraction of sp³-hybridized carbons (Fsp3) is 0.0526. The van der Waals surface area contributed by atoms with Crippen molar-refractivity contribution in [2.45, 2.75) is 19.3 Å². The van der Waals surface area contributed by atoms with E-state index >= 15 is 0 Å². The average molecular weight is 770 g/mol. The Bertz CT molecular complexity index is 3440. The number of para-hydroxylation sites is 3. The Morgan fingerprint density at radius 3 is 1.80 bits per heavy atom. The molecule has 11 aromatic rings. The third kappa shape index (κ3) is 5.22. The molecular formula is C57H39NO2. The normalized spacial score (nSPS) is 13.0. The van der Waals surface area contributed by atoms with Crippen LogP contribution in [0.25, 0.3) is 88.4 Å². The Morgan fingerprint density at radius 2 is 0.983 bits per heavy atom. The number of anilines is 3. The molecule has 1 aliphatic carbocycles. The Morgan fingerprint density at radius 1 is 0.383 bits per heavy atom. The predicted octanol–water partition coefficient (Wildman–Crippen LogP) is 16.3. The number of benzene rings is 9. The van der Waals surface area contributed by atoms with Crippen LogP contribution in [0.4, 0.5) is 17.1 Å². The average Bonchev–Trinajstić information content (AvgIpc) is 3.95. The number of furan rings is 2. The van der Waals surface area contributed by atoms with Crippen LogP contribution in [0.3, 0.4) is 0 Å². The number of nitrogens with zero attached hydrogens (tertiary/aromatic N) is 1. The summed E-state index contributed by atoms with van der Waals surface area (Å²) in [5.41, 5.74) is 18.7. The van der Waals surface area contributed by atoms with E-state index < -0.39 is 0 Å². The fourth-order valence-electron chi connectivity index (χ4n) is 9.77. The van der Waals surface area contributed by atoms with E-state index in [1.807, 2.05) is 18.2 Å². The Hall–Kier alpha value is -7.62. The molecule has 0 bridgehead atoms. The van der Waals surface area contributed by atoms with Crippen molar-refractivity contribution in [2.75, 3.05) is 4.90 Å². The quantitative estimate of drug-likeness (QED) is 0.169. The zero-order valence-electron chi connectivity index (χ0n) is 33.3. The SMILES string of the molecule is CC1(C)c2ccccc2-c2ccc(N(c3ccc(-c4cccc5c4oc4ccccc45)cc3)c3ccc4oc5ccccc5c4c3-c3ccc(-c4ccccc4)cc3)cc21. The van der Waals surface area contributed by atoms with Crippen molar-refractivity contribution in [1.82, 2.24) is 0 Å². The molecule has 9 aromatic carbocycles. The number of fused-ring (bicyclic) bond motifs is 9. The maximum Gasteiger partial charge on any atom is 0.143 e. The standard InChI is InChI=1S/C57H39NO2/c1-57(2)48-20-9-6-15-43(48)44-32-31-41(35-49(44)57)58(40-29-27-38(28-30-40)42-18-12-19-46-45-16-7-10-21-51(45)60-56(42)46)50-33-34-53-55(47-17-8-11-22-52(47)59-53)54(50)39-25-23-37(24-26-39)36-13-4-3-5-14-36/h3-35H,1-2H3. The highest BCUT2D eigenvalue weighted by atomic mass is 16.3. The van der Waals surface area contributed by atoms with E-state index in [-0.39, 0.29) is 5.41 Å². The Balaban J connectivity index is 1.09. The van der Waals surface area contributed by atoms with Crippen LogP contribution in [-0.4, -0.2) is 0 Å². The third-order valence-corrected chi connectivity index (χ3v) is 12.7. The van der Waals surface area contributed by atoms with Crippen LogP contribution in [0.1, 0.15) is 25.0 Å². The first-order valence-corrected chi connectivity index (χ1v) is 20.7. The van der Waals surface area contributed by atoms with Crippen molar-refractivity contribution in [1.29, 1.82) is 0 Å². The van der Waals surface area contributed by atoms with Gasteiger partial charge in [0.25, 0.3) is 0 Å². The van der Waals surface area contributed by atoms with Crippen LogP contribution < -0.4 is 4.90 Å². The summed E-state index contributed by atoms with van der Waals surface area (Å²) in [5.74, 6) is 0. The van der Waals surface area contributed by atoms with Gasteiger partial charge in [0.1, 0.15) is 22.3 Å². The van der Waals surface area contributed by atoms with Gasteiger partial charge >= 0.3 is 0 Å². The second-order valence-corrected chi connectivity index (χ2v) is 16.4. The van der Waals surface area contributed by atoms with Gasteiger partial charge in [0, 0.05) is 49.5 Å². The van der Waals surface area contributed by atoms with Crippen molar-refractivity contribution in [3.05, 3.63) is 211 Å². The van der Waals surface area contributed by atoms with Gasteiger partial charge in [-0.25, -0.2) is 0 Å². The maximum atomic E-state index is 6.57. The zero-order chi connectivity index (χ0) is 40.0. The molecule has 0 spiro atoms. The topological polar surface area (TPSA) is 29.5 Å². The van der Waals surface area contributed by atoms with Gasteiger partial charge in [-0.05, 0) is 93.0 Å². The van der Waals surface area contributed by atoms with Gasteiger partial charge in [0.15, 0.2) is 0 Å². The minimum absolute atomic E-state index is 0.163. The first kappa shape index (κ1) is 34.4. The molecule has 0 aliphatic heterocycles. The van der Waals surface area contributed by atoms with Gasteiger partial charge < -0.3 is 13.7 Å². The molecule has 3 nitrogen and oxygen atoms in total. The van der Waals surface area contributed by atoms with E-state index in [1.54, 1.807) is 0 Å². The second kappa shape index (κ2) is 13.2. The lowest BCUT2D eigenvalue weighted by Gasteiger charge is -2.30. The number of hydrogen-bond donors (Lipinski definition) is 0. The van der Waals surface area contributed by atoms with E-state index in [0.29, 0.717) is 0 Å². The molecule has 0 radical (unpaired) electrons. The largest absolute Gasteiger partial charge is 0.456 e. The Kier molecular flexibility index (Phi) is 7.58. The summed E-state index contributed by atoms with van der Waals surface area (Å²) in [6.07, 6.45) is 0. The number of hydrogen-bond acceptors (Lipinski definition) is 3. The molecule has 284 valence electrons. The number of rotatable bonds is 6. The van der Waals surface area contributed by atoms with Crippen LogP contribution >= 0.6 is 0 Å². The van der Waals surface area contributed by atoms with Gasteiger partial charge in [-0.1, -0.05) is 166 Å². The molecule has 2 aromatic heterocycles. The summed E-state index contributed by atoms with van der Waals surface area (Å²) in [5, 5.41) is 4.45. The van der Waals surface area contributed by atoms with Gasteiger partial charge in [0.2, 0.25) is 0 Å². The highest BCUT2D eigenvalue weighted by Gasteiger charge is 2.36. The van der Waals surface area contributed by atoms with Crippen LogP contribution in [-0.2, 0) is 5.41 Å². The van der Waals surface area contributed by atoms with E-state index in [9.17, 15) is 0 Å². The first-order chi connectivity index (χ1) is 29.5. The molecule has 0 unspecified atom stereocenters. The summed E-state index contributed by atoms with van der Waals surface area (Å²) < 4.78 is 13.1. The molecule has 0 N–H and O–H groups in total. The summed E-state index contributed by atoms with van der Waals surface area (Å²) in [7, 11) is 0. The van der Waals surface area contributed by atoms with Crippen molar-refractivity contribution >= 4 is 60.9 Å². The summed E-state index contributed by atoms with van der Waals surface area (Å²) in [4.78, 5) is 2.44. The minimum Gasteiger partial charge on any atom is -0.456 e. The second-order valence-electron chi connectivity index (χ2n) is 16.4. The highest BCUT2D eigenvalue weighted by Crippen LogP contribution is 2.52. The van der Waals surface area contributed by atoms with Gasteiger partial charge in [-0.2, -0.15) is 0 Å². The summed E-state index contributed by atoms with van der Waals surface area (Å²) in [6.45, 7) is 4.70. The molecule has 0 amide bonds. The monoisotopic (exact) mass is 769 g/mol. The third-order valence-electron chi connectivity index (χ3n) is 12.7. The molecule has 2 heterocycles. The van der Waals surface area contributed by atoms with Crippen LogP contribution in [0, 0.1) is 0 Å². The van der Waals surface area contributed by atoms with Crippen LogP contribution in [0.2, 0.25) is 0 Å². The van der Waals surface area contributed by atoms with Gasteiger partial charge in [-0.3, -0.25) is 0 Å². The van der Waals surface area contributed by atoms with Crippen LogP contribution in [0.5, 0.6) is 0 Å². The van der Waals surface area contributed by atoms with E-state index in [4.69, 9.17) is 8.83 Å². The molecule has 12 rings (SSSR count). The lowest BCUT2D eigenvalue weighted by atomic mass is 9.82. The molecule has 60 heavy (non-hydrogen) atoms. The van der Waals surface area contributed by atoms with Crippen molar-refractivity contribution < 1.29 is 8.83 Å². The van der Waals surface area contributed by atoms with Gasteiger partial charge in [-0.15, -0.1) is 0 Å². The molecule has 0 saturated carbocycles. The smallest absolute Gasteiger partial charge is 0.143 e. The first-order valence-electron chi connectivity index (χ1n) is 20.7. The molecule has 1 aliphatic rings. The lowest BCUT2D eigenvalue weighted by molar-refractivity contribution is 0.660. The minimum atomic E-state index is -0.163. The van der Waals surface area contributed by atoms with Crippen molar-refractivity contribution in [3.63, 3.8) is 0 Å². The maximum absolute atomic E-state index is 6.57. The highest BCUT2D eigenvalue weighted by molar-refractivity contribution is 6.16. The van der Waals surface area contributed by atoms with E-state index in [2.05, 4.69) is 201 Å². The molecule has 0 atom stereocenters. The molecule has 3 heteroatoms. The molecular weight excluding hydrogens is 731 g/mol.